The molecule has 0 spiro atoms. The molecule has 5 rings (SSSR count). The van der Waals surface area contributed by atoms with Crippen LogP contribution in [0.25, 0.3) is 11.2 Å². The Labute approximate surface area is 239 Å². The molecule has 1 unspecified atom stereocenters. The van der Waals surface area contributed by atoms with Crippen molar-refractivity contribution in [3.05, 3.63) is 116 Å². The third kappa shape index (κ3) is 6.08. The summed E-state index contributed by atoms with van der Waals surface area (Å²) in [4.78, 5) is 39.0. The van der Waals surface area contributed by atoms with Crippen LogP contribution in [0.4, 0.5) is 10.1 Å². The molecule has 13 heteroatoms. The standard InChI is InChI=1S/C28H26ClFN6O4S/c1-2-3-14-36-26-24(27(37)34-28(36)38)32-25(33-26)21(15-18-6-4-5-7-22(18)30)17-8-10-19(11-9-17)35-41(39,40)20-12-13-23(29)31-16-20/h4-13,16,21,35H,2-3,14-15H2,1H3,(H,32,33)(H,34,37,38). The molecule has 3 aromatic heterocycles. The van der Waals surface area contributed by atoms with Gasteiger partial charge in [0, 0.05) is 24.3 Å². The zero-order valence-electron chi connectivity index (χ0n) is 21.9. The summed E-state index contributed by atoms with van der Waals surface area (Å²) in [7, 11) is -3.92. The van der Waals surface area contributed by atoms with E-state index in [9.17, 15) is 22.4 Å². The molecule has 0 amide bonds. The lowest BCUT2D eigenvalue weighted by atomic mass is 9.91. The number of fused-ring (bicyclic) bond motifs is 1. The van der Waals surface area contributed by atoms with Gasteiger partial charge in [-0.3, -0.25) is 19.1 Å². The van der Waals surface area contributed by atoms with E-state index in [2.05, 4.69) is 24.7 Å². The summed E-state index contributed by atoms with van der Waals surface area (Å²) in [5.74, 6) is -0.586. The maximum absolute atomic E-state index is 14.7. The monoisotopic (exact) mass is 596 g/mol. The molecule has 3 N–H and O–H groups in total. The van der Waals surface area contributed by atoms with Crippen LogP contribution in [0.3, 0.4) is 0 Å². The highest BCUT2D eigenvalue weighted by Crippen LogP contribution is 2.30. The number of aryl methyl sites for hydroxylation is 1. The summed E-state index contributed by atoms with van der Waals surface area (Å²) in [6, 6.07) is 15.6. The Bertz CT molecular complexity index is 1920. The van der Waals surface area contributed by atoms with E-state index in [0.717, 1.165) is 12.6 Å². The Morgan fingerprint density at radius 1 is 1.05 bits per heavy atom. The van der Waals surface area contributed by atoms with Crippen LogP contribution in [0, 0.1) is 5.82 Å². The van der Waals surface area contributed by atoms with Crippen LogP contribution in [-0.4, -0.2) is 32.9 Å². The molecule has 0 aliphatic carbocycles. The van der Waals surface area contributed by atoms with E-state index in [1.54, 1.807) is 42.5 Å². The maximum Gasteiger partial charge on any atom is 0.330 e. The van der Waals surface area contributed by atoms with Crippen molar-refractivity contribution in [2.45, 2.75) is 43.5 Å². The minimum Gasteiger partial charge on any atom is -0.336 e. The first-order valence-electron chi connectivity index (χ1n) is 12.9. The second-order valence-electron chi connectivity index (χ2n) is 9.48. The van der Waals surface area contributed by atoms with Crippen molar-refractivity contribution in [3.63, 3.8) is 0 Å². The number of aromatic nitrogens is 5. The maximum atomic E-state index is 14.7. The van der Waals surface area contributed by atoms with E-state index in [0.29, 0.717) is 35.6 Å². The number of nitrogens with one attached hydrogen (secondary N) is 3. The van der Waals surface area contributed by atoms with Crippen molar-refractivity contribution in [1.29, 1.82) is 0 Å². The summed E-state index contributed by atoms with van der Waals surface area (Å²) < 4.78 is 44.2. The summed E-state index contributed by atoms with van der Waals surface area (Å²) in [6.45, 7) is 2.37. The number of H-pyrrole nitrogens is 2. The molecule has 0 aliphatic rings. The molecule has 0 aliphatic heterocycles. The number of unbranched alkanes of at least 4 members (excludes halogenated alkanes) is 1. The average Bonchev–Trinajstić information content (AvgIpc) is 3.39. The number of hydrogen-bond acceptors (Lipinski definition) is 6. The van der Waals surface area contributed by atoms with E-state index < -0.39 is 33.0 Å². The molecule has 2 aromatic carbocycles. The van der Waals surface area contributed by atoms with Crippen LogP contribution in [0.2, 0.25) is 5.15 Å². The van der Waals surface area contributed by atoms with Gasteiger partial charge in [0.1, 0.15) is 27.2 Å². The first-order valence-corrected chi connectivity index (χ1v) is 14.7. The third-order valence-electron chi connectivity index (χ3n) is 6.67. The van der Waals surface area contributed by atoms with Crippen LogP contribution >= 0.6 is 11.6 Å². The highest BCUT2D eigenvalue weighted by Gasteiger charge is 2.23. The Morgan fingerprint density at radius 2 is 1.80 bits per heavy atom. The fourth-order valence-corrected chi connectivity index (χ4v) is 5.64. The van der Waals surface area contributed by atoms with Crippen LogP contribution in [0.15, 0.2) is 81.3 Å². The highest BCUT2D eigenvalue weighted by molar-refractivity contribution is 7.92. The van der Waals surface area contributed by atoms with E-state index in [1.807, 2.05) is 6.92 Å². The number of sulfonamides is 1. The first-order chi connectivity index (χ1) is 19.7. The van der Waals surface area contributed by atoms with E-state index in [1.165, 1.54) is 22.8 Å². The molecule has 0 fully saturated rings. The van der Waals surface area contributed by atoms with Crippen molar-refractivity contribution < 1.29 is 12.8 Å². The Hall–Kier alpha value is -4.29. The predicted octanol–water partition coefficient (Wildman–Crippen LogP) is 4.58. The first kappa shape index (κ1) is 28.2. The predicted molar refractivity (Wildman–Crippen MR) is 154 cm³/mol. The topological polar surface area (TPSA) is 143 Å². The second-order valence-corrected chi connectivity index (χ2v) is 11.5. The largest absolute Gasteiger partial charge is 0.336 e. The van der Waals surface area contributed by atoms with Crippen molar-refractivity contribution in [3.8, 4) is 0 Å². The van der Waals surface area contributed by atoms with Gasteiger partial charge in [0.05, 0.1) is 0 Å². The fraction of sp³-hybridized carbons (Fsp3) is 0.214. The molecule has 0 radical (unpaired) electrons. The third-order valence-corrected chi connectivity index (χ3v) is 8.26. The minimum absolute atomic E-state index is 0.0509. The van der Waals surface area contributed by atoms with Gasteiger partial charge in [-0.2, -0.15) is 0 Å². The molecule has 5 aromatic rings. The molecule has 0 bridgehead atoms. The number of nitrogens with zero attached hydrogens (tertiary/aromatic N) is 3. The van der Waals surface area contributed by atoms with Gasteiger partial charge in [-0.05, 0) is 54.3 Å². The molecule has 41 heavy (non-hydrogen) atoms. The van der Waals surface area contributed by atoms with Crippen LogP contribution in [0.5, 0.6) is 0 Å². The summed E-state index contributed by atoms with van der Waals surface area (Å²) in [6.07, 6.45) is 2.90. The lowest BCUT2D eigenvalue weighted by molar-refractivity contribution is 0.597. The zero-order valence-corrected chi connectivity index (χ0v) is 23.5. The van der Waals surface area contributed by atoms with Crippen molar-refractivity contribution >= 4 is 38.5 Å². The van der Waals surface area contributed by atoms with Crippen LogP contribution in [-0.2, 0) is 23.0 Å². The number of benzene rings is 2. The second kappa shape index (κ2) is 11.7. The van der Waals surface area contributed by atoms with Gasteiger partial charge in [-0.1, -0.05) is 55.3 Å². The quantitative estimate of drug-likeness (QED) is 0.202. The molecule has 0 saturated carbocycles. The summed E-state index contributed by atoms with van der Waals surface area (Å²) in [5.41, 5.74) is 0.631. The molecule has 1 atom stereocenters. The van der Waals surface area contributed by atoms with E-state index in [4.69, 9.17) is 11.6 Å². The van der Waals surface area contributed by atoms with Gasteiger partial charge in [0.15, 0.2) is 5.65 Å². The van der Waals surface area contributed by atoms with Crippen molar-refractivity contribution in [2.75, 3.05) is 4.72 Å². The van der Waals surface area contributed by atoms with Gasteiger partial charge in [-0.15, -0.1) is 0 Å². The Morgan fingerprint density at radius 3 is 2.49 bits per heavy atom. The molecule has 10 nitrogen and oxygen atoms in total. The van der Waals surface area contributed by atoms with E-state index >= 15 is 0 Å². The molecule has 0 saturated heterocycles. The normalized spacial score (nSPS) is 12.5. The van der Waals surface area contributed by atoms with Gasteiger partial charge < -0.3 is 4.98 Å². The van der Waals surface area contributed by atoms with E-state index in [-0.39, 0.29) is 27.6 Å². The lowest BCUT2D eigenvalue weighted by Gasteiger charge is -2.17. The number of halogens is 2. The number of imidazole rings is 1. The summed E-state index contributed by atoms with van der Waals surface area (Å²) in [5, 5.41) is 0.170. The minimum atomic E-state index is -3.92. The van der Waals surface area contributed by atoms with Gasteiger partial charge in [-0.25, -0.2) is 27.6 Å². The number of rotatable bonds is 10. The van der Waals surface area contributed by atoms with Gasteiger partial charge in [0.25, 0.3) is 15.6 Å². The van der Waals surface area contributed by atoms with Crippen molar-refractivity contribution in [2.24, 2.45) is 0 Å². The number of pyridine rings is 1. The number of anilines is 1. The SMILES string of the molecule is CCCCn1c(=O)[nH]c(=O)c2[nH]c(C(Cc3ccccc3F)c3ccc(NS(=O)(=O)c4ccc(Cl)nc4)cc3)nc21. The fourth-order valence-electron chi connectivity index (χ4n) is 4.52. The smallest absolute Gasteiger partial charge is 0.330 e. The van der Waals surface area contributed by atoms with Crippen molar-refractivity contribution in [1.82, 2.24) is 24.5 Å². The zero-order chi connectivity index (χ0) is 29.1. The molecular weight excluding hydrogens is 571 g/mol. The Kier molecular flexibility index (Phi) is 8.04. The molecule has 212 valence electrons. The summed E-state index contributed by atoms with van der Waals surface area (Å²) >= 11 is 5.77. The lowest BCUT2D eigenvalue weighted by Crippen LogP contribution is -2.30. The number of hydrogen-bond donors (Lipinski definition) is 3. The van der Waals surface area contributed by atoms with Gasteiger partial charge in [0.2, 0.25) is 0 Å². The van der Waals surface area contributed by atoms with Gasteiger partial charge >= 0.3 is 5.69 Å². The molecular formula is C28H26ClFN6O4S. The van der Waals surface area contributed by atoms with Crippen LogP contribution in [0.1, 0.15) is 42.6 Å². The number of aromatic amines is 2. The Balaban J connectivity index is 1.54. The van der Waals surface area contributed by atoms with Crippen LogP contribution < -0.4 is 16.0 Å². The highest BCUT2D eigenvalue weighted by atomic mass is 35.5. The average molecular weight is 597 g/mol. The molecule has 3 heterocycles.